The zero-order valence-corrected chi connectivity index (χ0v) is 23.3. The van der Waals surface area contributed by atoms with Gasteiger partial charge in [-0.15, -0.1) is 11.8 Å². The second-order valence-electron chi connectivity index (χ2n) is 8.81. The monoisotopic (exact) mass is 550 g/mol. The average molecular weight is 551 g/mol. The molecule has 0 aliphatic carbocycles. The largest absolute Gasteiger partial charge is 0.338 e. The molecule has 0 saturated heterocycles. The van der Waals surface area contributed by atoms with E-state index in [9.17, 15) is 4.79 Å². The summed E-state index contributed by atoms with van der Waals surface area (Å²) in [4.78, 5) is 18.7. The van der Waals surface area contributed by atoms with Crippen LogP contribution in [0.3, 0.4) is 0 Å². The van der Waals surface area contributed by atoms with Crippen molar-refractivity contribution in [3.05, 3.63) is 115 Å². The van der Waals surface area contributed by atoms with Gasteiger partial charge in [-0.2, -0.15) is 0 Å². The lowest BCUT2D eigenvalue weighted by Gasteiger charge is -2.13. The van der Waals surface area contributed by atoms with Gasteiger partial charge < -0.3 is 10.6 Å². The Labute approximate surface area is 238 Å². The lowest BCUT2D eigenvalue weighted by Crippen LogP contribution is -2.29. The number of benzene rings is 4. The zero-order valence-electron chi connectivity index (χ0n) is 21.7. The minimum Gasteiger partial charge on any atom is -0.338 e. The highest BCUT2D eigenvalue weighted by atomic mass is 32.2. The van der Waals surface area contributed by atoms with E-state index in [1.54, 1.807) is 23.5 Å². The van der Waals surface area contributed by atoms with E-state index in [0.717, 1.165) is 56.1 Å². The topological polar surface area (TPSA) is 59.0 Å². The van der Waals surface area contributed by atoms with Crippen LogP contribution in [-0.2, 0) is 0 Å². The van der Waals surface area contributed by atoms with E-state index in [1.165, 1.54) is 0 Å². The van der Waals surface area contributed by atoms with Gasteiger partial charge in [-0.1, -0.05) is 90.6 Å². The molecule has 2 amide bonds. The first-order chi connectivity index (χ1) is 19.2. The smallest absolute Gasteiger partial charge is 0.319 e. The highest BCUT2D eigenvalue weighted by Crippen LogP contribution is 2.38. The second-order valence-corrected chi connectivity index (χ2v) is 10.7. The average Bonchev–Trinajstić information content (AvgIpc) is 3.38. The molecule has 0 spiro atoms. The Bertz CT molecular complexity index is 1490. The van der Waals surface area contributed by atoms with Crippen LogP contribution < -0.4 is 10.6 Å². The van der Waals surface area contributed by atoms with Crippen LogP contribution in [0.5, 0.6) is 0 Å². The maximum Gasteiger partial charge on any atom is 0.319 e. The van der Waals surface area contributed by atoms with Crippen molar-refractivity contribution in [2.45, 2.75) is 16.5 Å². The number of amides is 2. The van der Waals surface area contributed by atoms with Crippen LogP contribution in [0, 0.1) is 0 Å². The quantitative estimate of drug-likeness (QED) is 0.136. The molecule has 1 aromatic heterocycles. The highest BCUT2D eigenvalue weighted by Gasteiger charge is 2.21. The molecule has 0 aliphatic rings. The summed E-state index contributed by atoms with van der Waals surface area (Å²) in [5.41, 5.74) is 6.07. The Morgan fingerprint density at radius 1 is 0.795 bits per heavy atom. The Balaban J connectivity index is 1.33. The Kier molecular flexibility index (Phi) is 9.04. The number of rotatable bonds is 10. The van der Waals surface area contributed by atoms with E-state index >= 15 is 0 Å². The van der Waals surface area contributed by atoms with Gasteiger partial charge in [0.25, 0.3) is 0 Å². The number of carbonyl (C=O) groups excluding carboxylic acids is 1. The van der Waals surface area contributed by atoms with Crippen LogP contribution in [0.4, 0.5) is 10.5 Å². The molecule has 0 radical (unpaired) electrons. The van der Waals surface area contributed by atoms with Crippen molar-refractivity contribution in [3.63, 3.8) is 0 Å². The molecule has 5 rings (SSSR count). The molecule has 0 aliphatic heterocycles. The molecule has 7 heteroatoms. The molecular formula is C32H30N4OS2. The second kappa shape index (κ2) is 13.2. The minimum absolute atomic E-state index is 0.194. The van der Waals surface area contributed by atoms with Gasteiger partial charge in [-0.3, -0.25) is 4.57 Å². The standard InChI is InChI=1S/C32H30N4OS2/c1-38-28-20-18-26(19-21-28)34-31(37)33-22-11-23-39-32-35-29(24-12-5-2-6-13-24)30(25-14-7-3-8-15-25)36(32)27-16-9-4-10-17-27/h2-10,12-21H,11,22-23H2,1H3,(H2,33,34,37). The number of nitrogens with zero attached hydrogens (tertiary/aromatic N) is 2. The summed E-state index contributed by atoms with van der Waals surface area (Å²) >= 11 is 3.38. The molecule has 0 atom stereocenters. The summed E-state index contributed by atoms with van der Waals surface area (Å²) in [6.07, 6.45) is 2.84. The van der Waals surface area contributed by atoms with Crippen molar-refractivity contribution in [2.75, 3.05) is 23.9 Å². The van der Waals surface area contributed by atoms with Crippen molar-refractivity contribution in [1.82, 2.24) is 14.9 Å². The van der Waals surface area contributed by atoms with E-state index < -0.39 is 0 Å². The zero-order chi connectivity index (χ0) is 26.9. The first-order valence-electron chi connectivity index (χ1n) is 12.8. The molecule has 5 aromatic rings. The van der Waals surface area contributed by atoms with Crippen LogP contribution in [0.1, 0.15) is 6.42 Å². The fourth-order valence-corrected chi connectivity index (χ4v) is 5.62. The van der Waals surface area contributed by atoms with Crippen LogP contribution in [0.15, 0.2) is 125 Å². The number of imidazole rings is 1. The lowest BCUT2D eigenvalue weighted by molar-refractivity contribution is 0.252. The predicted octanol–water partition coefficient (Wildman–Crippen LogP) is 8.23. The van der Waals surface area contributed by atoms with Gasteiger partial charge in [0, 0.05) is 39.7 Å². The number of para-hydroxylation sites is 1. The van der Waals surface area contributed by atoms with Crippen molar-refractivity contribution < 1.29 is 4.79 Å². The van der Waals surface area contributed by atoms with Crippen molar-refractivity contribution >= 4 is 35.2 Å². The van der Waals surface area contributed by atoms with Crippen molar-refractivity contribution in [1.29, 1.82) is 0 Å². The first kappa shape index (κ1) is 26.7. The summed E-state index contributed by atoms with van der Waals surface area (Å²) in [7, 11) is 0. The Morgan fingerprint density at radius 2 is 1.41 bits per heavy atom. The number of carbonyl (C=O) groups is 1. The van der Waals surface area contributed by atoms with Crippen LogP contribution in [-0.4, -0.2) is 34.1 Å². The molecule has 0 unspecified atom stereocenters. The molecule has 0 saturated carbocycles. The predicted molar refractivity (Wildman–Crippen MR) is 165 cm³/mol. The Morgan fingerprint density at radius 3 is 2.05 bits per heavy atom. The molecule has 0 fully saturated rings. The van der Waals surface area contributed by atoms with Crippen LogP contribution in [0.25, 0.3) is 28.2 Å². The van der Waals surface area contributed by atoms with E-state index in [2.05, 4.69) is 75.9 Å². The van der Waals surface area contributed by atoms with Gasteiger partial charge in [0.05, 0.1) is 11.4 Å². The van der Waals surface area contributed by atoms with Gasteiger partial charge in [-0.05, 0) is 49.1 Å². The van der Waals surface area contributed by atoms with Crippen molar-refractivity contribution in [3.8, 4) is 28.2 Å². The highest BCUT2D eigenvalue weighted by molar-refractivity contribution is 7.99. The number of urea groups is 1. The summed E-state index contributed by atoms with van der Waals surface area (Å²) in [5.74, 6) is 0.814. The van der Waals surface area contributed by atoms with Gasteiger partial charge in [-0.25, -0.2) is 9.78 Å². The molecule has 5 nitrogen and oxygen atoms in total. The van der Waals surface area contributed by atoms with E-state index in [0.29, 0.717) is 6.54 Å². The summed E-state index contributed by atoms with van der Waals surface area (Å²) in [5, 5.41) is 6.79. The molecule has 0 bridgehead atoms. The summed E-state index contributed by atoms with van der Waals surface area (Å²) in [6, 6.07) is 38.8. The molecule has 39 heavy (non-hydrogen) atoms. The van der Waals surface area contributed by atoms with E-state index in [-0.39, 0.29) is 6.03 Å². The number of anilines is 1. The third kappa shape index (κ3) is 6.74. The molecule has 4 aromatic carbocycles. The number of nitrogens with one attached hydrogen (secondary N) is 2. The van der Waals surface area contributed by atoms with Crippen LogP contribution in [0.2, 0.25) is 0 Å². The maximum absolute atomic E-state index is 12.4. The van der Waals surface area contributed by atoms with E-state index in [1.807, 2.05) is 60.9 Å². The van der Waals surface area contributed by atoms with Crippen molar-refractivity contribution in [2.24, 2.45) is 0 Å². The number of thioether (sulfide) groups is 2. The molecule has 1 heterocycles. The summed E-state index contributed by atoms with van der Waals surface area (Å²) in [6.45, 7) is 0.574. The fraction of sp³-hybridized carbons (Fsp3) is 0.125. The third-order valence-electron chi connectivity index (χ3n) is 6.14. The van der Waals surface area contributed by atoms with E-state index in [4.69, 9.17) is 4.98 Å². The number of aromatic nitrogens is 2. The Hall–Kier alpha value is -3.94. The van der Waals surface area contributed by atoms with Crippen LogP contribution >= 0.6 is 23.5 Å². The fourth-order valence-electron chi connectivity index (χ4n) is 4.26. The maximum atomic E-state index is 12.4. The van der Waals surface area contributed by atoms with Gasteiger partial charge in [0.2, 0.25) is 0 Å². The lowest BCUT2D eigenvalue weighted by atomic mass is 10.0. The molecule has 2 N–H and O–H groups in total. The molecule has 196 valence electrons. The van der Waals surface area contributed by atoms with Gasteiger partial charge in [0.1, 0.15) is 0 Å². The SMILES string of the molecule is CSc1ccc(NC(=O)NCCCSc2nc(-c3ccccc3)c(-c3ccccc3)n2-c2ccccc2)cc1. The number of hydrogen-bond donors (Lipinski definition) is 2. The summed E-state index contributed by atoms with van der Waals surface area (Å²) < 4.78 is 2.25. The normalized spacial score (nSPS) is 10.8. The minimum atomic E-state index is -0.194. The third-order valence-corrected chi connectivity index (χ3v) is 7.91. The molecular weight excluding hydrogens is 521 g/mol. The van der Waals surface area contributed by atoms with Gasteiger partial charge >= 0.3 is 6.03 Å². The number of hydrogen-bond acceptors (Lipinski definition) is 4. The van der Waals surface area contributed by atoms with Gasteiger partial charge in [0.15, 0.2) is 5.16 Å². The first-order valence-corrected chi connectivity index (χ1v) is 15.0.